The number of hydrogen-bond acceptors (Lipinski definition) is 3. The van der Waals surface area contributed by atoms with Gasteiger partial charge in [-0.05, 0) is 55.0 Å². The molecule has 1 aliphatic heterocycles. The number of amides is 2. The molecule has 0 aromatic heterocycles. The minimum absolute atomic E-state index is 0.00663. The second kappa shape index (κ2) is 8.57. The average molecular weight is 459 g/mol. The van der Waals surface area contributed by atoms with Crippen molar-refractivity contribution in [2.24, 2.45) is 0 Å². The molecule has 0 bridgehead atoms. The molecule has 0 spiro atoms. The lowest BCUT2D eigenvalue weighted by molar-refractivity contribution is -0.125. The highest BCUT2D eigenvalue weighted by atomic mass is 35.5. The minimum atomic E-state index is -0.723. The van der Waals surface area contributed by atoms with E-state index in [-0.39, 0.29) is 16.5 Å². The number of anilines is 2. The first kappa shape index (κ1) is 21.2. The van der Waals surface area contributed by atoms with Crippen molar-refractivity contribution >= 4 is 46.4 Å². The van der Waals surface area contributed by atoms with Crippen LogP contribution in [0.15, 0.2) is 60.7 Å². The fourth-order valence-corrected chi connectivity index (χ4v) is 3.70. The Hall–Kier alpha value is -3.09. The summed E-state index contributed by atoms with van der Waals surface area (Å²) >= 11 is 11.9. The summed E-state index contributed by atoms with van der Waals surface area (Å²) in [5.74, 6) is -1.13. The van der Waals surface area contributed by atoms with Gasteiger partial charge in [-0.2, -0.15) is 0 Å². The first-order chi connectivity index (χ1) is 14.8. The summed E-state index contributed by atoms with van der Waals surface area (Å²) < 4.78 is 19.8. The zero-order chi connectivity index (χ0) is 22.1. The van der Waals surface area contributed by atoms with Gasteiger partial charge < -0.3 is 15.0 Å². The third-order valence-electron chi connectivity index (χ3n) is 4.87. The highest BCUT2D eigenvalue weighted by Gasteiger charge is 2.32. The highest BCUT2D eigenvalue weighted by molar-refractivity contribution is 6.34. The molecule has 0 saturated heterocycles. The molecule has 5 nitrogen and oxygen atoms in total. The molecule has 0 radical (unpaired) electrons. The van der Waals surface area contributed by atoms with Crippen molar-refractivity contribution < 1.29 is 18.7 Å². The van der Waals surface area contributed by atoms with Gasteiger partial charge in [-0.1, -0.05) is 41.4 Å². The zero-order valence-corrected chi connectivity index (χ0v) is 17.9. The minimum Gasteiger partial charge on any atom is -0.479 e. The number of ether oxygens (including phenoxy) is 1. The molecule has 1 heterocycles. The predicted octanol–water partition coefficient (Wildman–Crippen LogP) is 5.70. The lowest BCUT2D eigenvalue weighted by atomic mass is 10.1. The second-order valence-electron chi connectivity index (χ2n) is 7.04. The zero-order valence-electron chi connectivity index (χ0n) is 16.4. The summed E-state index contributed by atoms with van der Waals surface area (Å²) in [5.41, 5.74) is 1.50. The van der Waals surface area contributed by atoms with Crippen LogP contribution < -0.4 is 15.0 Å². The summed E-state index contributed by atoms with van der Waals surface area (Å²) in [6, 6.07) is 16.1. The van der Waals surface area contributed by atoms with E-state index in [1.165, 1.54) is 12.1 Å². The molecule has 8 heteroatoms. The maximum Gasteiger partial charge on any atom is 0.268 e. The first-order valence-electron chi connectivity index (χ1n) is 9.45. The number of hydrogen-bond donors (Lipinski definition) is 1. The second-order valence-corrected chi connectivity index (χ2v) is 7.89. The third kappa shape index (κ3) is 4.36. The van der Waals surface area contributed by atoms with Crippen molar-refractivity contribution in [3.8, 4) is 5.75 Å². The van der Waals surface area contributed by atoms with Gasteiger partial charge in [0.15, 0.2) is 6.10 Å². The molecular weight excluding hydrogens is 442 g/mol. The Morgan fingerprint density at radius 1 is 1.13 bits per heavy atom. The molecule has 158 valence electrons. The van der Waals surface area contributed by atoms with E-state index in [9.17, 15) is 14.0 Å². The molecule has 3 aromatic carbocycles. The SMILES string of the molecule is CC1Oc2ccc(NC(=O)c3c(F)cccc3Cl)cc2N(Cc2ccc(Cl)cc2)C1=O. The van der Waals surface area contributed by atoms with Gasteiger partial charge >= 0.3 is 0 Å². The number of halogens is 3. The Bertz CT molecular complexity index is 1150. The van der Waals surface area contributed by atoms with Crippen LogP contribution in [0.2, 0.25) is 10.0 Å². The van der Waals surface area contributed by atoms with Crippen molar-refractivity contribution in [2.75, 3.05) is 10.2 Å². The number of rotatable bonds is 4. The Labute approximate surface area is 188 Å². The van der Waals surface area contributed by atoms with E-state index in [4.69, 9.17) is 27.9 Å². The summed E-state index contributed by atoms with van der Waals surface area (Å²) in [6.07, 6.45) is -0.655. The standard InChI is InChI=1S/C23H17Cl2FN2O3/c1-13-23(30)28(12-14-5-7-15(24)8-6-14)19-11-16(9-10-20(19)31-13)27-22(29)21-17(25)3-2-4-18(21)26/h2-11,13H,12H2,1H3,(H,27,29). The van der Waals surface area contributed by atoms with Crippen LogP contribution in [0.4, 0.5) is 15.8 Å². The Morgan fingerprint density at radius 3 is 2.58 bits per heavy atom. The van der Waals surface area contributed by atoms with E-state index in [2.05, 4.69) is 5.32 Å². The van der Waals surface area contributed by atoms with Crippen molar-refractivity contribution in [1.29, 1.82) is 0 Å². The van der Waals surface area contributed by atoms with Crippen molar-refractivity contribution in [3.05, 3.63) is 87.7 Å². The normalized spacial score (nSPS) is 15.3. The average Bonchev–Trinajstić information content (AvgIpc) is 2.73. The van der Waals surface area contributed by atoms with Crippen LogP contribution in [0, 0.1) is 5.82 Å². The highest BCUT2D eigenvalue weighted by Crippen LogP contribution is 2.37. The molecule has 4 rings (SSSR count). The van der Waals surface area contributed by atoms with Crippen LogP contribution in [-0.2, 0) is 11.3 Å². The number of nitrogens with one attached hydrogen (secondary N) is 1. The third-order valence-corrected chi connectivity index (χ3v) is 5.44. The molecule has 2 amide bonds. The van der Waals surface area contributed by atoms with Crippen molar-refractivity contribution in [2.45, 2.75) is 19.6 Å². The van der Waals surface area contributed by atoms with Gasteiger partial charge in [0.2, 0.25) is 0 Å². The van der Waals surface area contributed by atoms with Gasteiger partial charge in [0.25, 0.3) is 11.8 Å². The number of carbonyl (C=O) groups excluding carboxylic acids is 2. The summed E-state index contributed by atoms with van der Waals surface area (Å²) in [4.78, 5) is 27.0. The van der Waals surface area contributed by atoms with E-state index in [0.717, 1.165) is 11.6 Å². The van der Waals surface area contributed by atoms with E-state index < -0.39 is 17.8 Å². The van der Waals surface area contributed by atoms with Gasteiger partial charge in [-0.15, -0.1) is 0 Å². The van der Waals surface area contributed by atoms with Gasteiger partial charge in [0, 0.05) is 10.7 Å². The van der Waals surface area contributed by atoms with E-state index >= 15 is 0 Å². The van der Waals surface area contributed by atoms with Crippen LogP contribution in [0.3, 0.4) is 0 Å². The number of fused-ring (bicyclic) bond motifs is 1. The maximum atomic E-state index is 14.1. The summed E-state index contributed by atoms with van der Waals surface area (Å²) in [6.45, 7) is 1.98. The topological polar surface area (TPSA) is 58.6 Å². The molecule has 0 fully saturated rings. The van der Waals surface area contributed by atoms with Crippen LogP contribution in [-0.4, -0.2) is 17.9 Å². The Balaban J connectivity index is 1.65. The lowest BCUT2D eigenvalue weighted by Gasteiger charge is -2.33. The molecule has 0 saturated carbocycles. The van der Waals surface area contributed by atoms with E-state index in [1.54, 1.807) is 42.2 Å². The smallest absolute Gasteiger partial charge is 0.268 e. The number of benzene rings is 3. The number of carbonyl (C=O) groups is 2. The molecule has 0 aliphatic carbocycles. The molecule has 1 unspecified atom stereocenters. The van der Waals surface area contributed by atoms with Gasteiger partial charge in [-0.25, -0.2) is 4.39 Å². The molecule has 1 N–H and O–H groups in total. The monoisotopic (exact) mass is 458 g/mol. The largest absolute Gasteiger partial charge is 0.479 e. The molecule has 3 aromatic rings. The number of nitrogens with zero attached hydrogens (tertiary/aromatic N) is 1. The molecule has 1 aliphatic rings. The van der Waals surface area contributed by atoms with Crippen LogP contribution >= 0.6 is 23.2 Å². The van der Waals surface area contributed by atoms with E-state index in [0.29, 0.717) is 28.7 Å². The van der Waals surface area contributed by atoms with Gasteiger partial charge in [-0.3, -0.25) is 9.59 Å². The van der Waals surface area contributed by atoms with Crippen LogP contribution in [0.1, 0.15) is 22.8 Å². The molecule has 1 atom stereocenters. The van der Waals surface area contributed by atoms with Crippen molar-refractivity contribution in [3.63, 3.8) is 0 Å². The lowest BCUT2D eigenvalue weighted by Crippen LogP contribution is -2.44. The molecule has 31 heavy (non-hydrogen) atoms. The Morgan fingerprint density at radius 2 is 1.87 bits per heavy atom. The first-order valence-corrected chi connectivity index (χ1v) is 10.2. The summed E-state index contributed by atoms with van der Waals surface area (Å²) in [5, 5.41) is 3.24. The van der Waals surface area contributed by atoms with Crippen LogP contribution in [0.25, 0.3) is 0 Å². The Kier molecular flexibility index (Phi) is 5.85. The fourth-order valence-electron chi connectivity index (χ4n) is 3.33. The maximum absolute atomic E-state index is 14.1. The summed E-state index contributed by atoms with van der Waals surface area (Å²) in [7, 11) is 0. The van der Waals surface area contributed by atoms with Crippen LogP contribution in [0.5, 0.6) is 5.75 Å². The van der Waals surface area contributed by atoms with Gasteiger partial charge in [0.05, 0.1) is 22.8 Å². The quantitative estimate of drug-likeness (QED) is 0.545. The fraction of sp³-hybridized carbons (Fsp3) is 0.130. The van der Waals surface area contributed by atoms with E-state index in [1.807, 2.05) is 12.1 Å². The molecular formula is C23H17Cl2FN2O3. The predicted molar refractivity (Wildman–Crippen MR) is 119 cm³/mol. The van der Waals surface area contributed by atoms with Crippen molar-refractivity contribution in [1.82, 2.24) is 0 Å². The van der Waals surface area contributed by atoms with Gasteiger partial charge in [0.1, 0.15) is 11.6 Å².